The molecular weight excluding hydrogens is 276 g/mol. The average Bonchev–Trinajstić information content (AvgIpc) is 2.37. The number of amides is 2. The Balaban J connectivity index is 2.46. The number of nitrogens with zero attached hydrogens (tertiary/aromatic N) is 1. The predicted octanol–water partition coefficient (Wildman–Crippen LogP) is 1.94. The van der Waals surface area contributed by atoms with Gasteiger partial charge in [0, 0.05) is 17.9 Å². The summed E-state index contributed by atoms with van der Waals surface area (Å²) < 4.78 is 0. The van der Waals surface area contributed by atoms with Gasteiger partial charge in [-0.2, -0.15) is 0 Å². The third-order valence-corrected chi connectivity index (χ3v) is 3.30. The highest BCUT2D eigenvalue weighted by Crippen LogP contribution is 2.29. The van der Waals surface area contributed by atoms with Gasteiger partial charge in [-0.15, -0.1) is 0 Å². The number of imide groups is 1. The summed E-state index contributed by atoms with van der Waals surface area (Å²) in [5, 5.41) is 0.500. The normalized spacial score (nSPS) is 16.1. The molecule has 0 aliphatic carbocycles. The van der Waals surface area contributed by atoms with Gasteiger partial charge >= 0.3 is 0 Å². The van der Waals surface area contributed by atoms with Gasteiger partial charge in [-0.05, 0) is 24.1 Å². The fourth-order valence-electron chi connectivity index (χ4n) is 2.21. The predicted molar refractivity (Wildman–Crippen MR) is 78.3 cm³/mol. The molecule has 0 bridgehead atoms. The van der Waals surface area contributed by atoms with Crippen LogP contribution in [0.15, 0.2) is 18.2 Å². The monoisotopic (exact) mass is 290 g/mol. The van der Waals surface area contributed by atoms with Gasteiger partial charge < -0.3 is 5.73 Å². The van der Waals surface area contributed by atoms with E-state index in [0.29, 0.717) is 29.1 Å². The molecule has 2 rings (SSSR count). The number of benzene rings is 1. The minimum Gasteiger partial charge on any atom is -0.320 e. The molecule has 1 heterocycles. The Bertz CT molecular complexity index is 598. The molecule has 0 atom stereocenters. The van der Waals surface area contributed by atoms with Crippen LogP contribution < -0.4 is 10.6 Å². The molecule has 1 aromatic rings. The molecule has 2 amide bonds. The van der Waals surface area contributed by atoms with Crippen LogP contribution in [0.2, 0.25) is 5.02 Å². The summed E-state index contributed by atoms with van der Waals surface area (Å²) in [6.45, 7) is 2.09. The number of anilines is 1. The first-order chi connectivity index (χ1) is 9.52. The number of piperidine rings is 1. The molecular formula is C15H15ClN2O2. The largest absolute Gasteiger partial charge is 0.320 e. The van der Waals surface area contributed by atoms with Crippen LogP contribution in [-0.2, 0) is 9.59 Å². The van der Waals surface area contributed by atoms with Crippen LogP contribution in [0.25, 0.3) is 0 Å². The van der Waals surface area contributed by atoms with E-state index in [1.165, 1.54) is 4.90 Å². The summed E-state index contributed by atoms with van der Waals surface area (Å²) in [5.74, 6) is 5.25. The van der Waals surface area contributed by atoms with Crippen molar-refractivity contribution in [2.45, 2.75) is 19.8 Å². The molecule has 2 N–H and O–H groups in total. The zero-order valence-electron chi connectivity index (χ0n) is 11.1. The highest BCUT2D eigenvalue weighted by molar-refractivity contribution is 6.31. The highest BCUT2D eigenvalue weighted by Gasteiger charge is 2.32. The van der Waals surface area contributed by atoms with Crippen LogP contribution in [-0.4, -0.2) is 18.4 Å². The third kappa shape index (κ3) is 3.01. The van der Waals surface area contributed by atoms with Gasteiger partial charge in [-0.1, -0.05) is 30.4 Å². The van der Waals surface area contributed by atoms with Crippen molar-refractivity contribution in [1.82, 2.24) is 0 Å². The molecule has 0 radical (unpaired) electrons. The lowest BCUT2D eigenvalue weighted by Crippen LogP contribution is -2.43. The van der Waals surface area contributed by atoms with E-state index in [4.69, 9.17) is 17.3 Å². The molecule has 104 valence electrons. The lowest BCUT2D eigenvalue weighted by Gasteiger charge is -2.29. The minimum atomic E-state index is -0.202. The molecule has 1 fully saturated rings. The van der Waals surface area contributed by atoms with E-state index in [1.54, 1.807) is 18.2 Å². The van der Waals surface area contributed by atoms with Crippen LogP contribution in [0.1, 0.15) is 25.3 Å². The van der Waals surface area contributed by atoms with E-state index in [1.807, 2.05) is 6.92 Å². The van der Waals surface area contributed by atoms with Gasteiger partial charge in [-0.3, -0.25) is 9.59 Å². The maximum atomic E-state index is 12.1. The molecule has 1 saturated heterocycles. The van der Waals surface area contributed by atoms with Gasteiger partial charge in [0.2, 0.25) is 11.8 Å². The number of carbonyl (C=O) groups is 2. The van der Waals surface area contributed by atoms with Crippen molar-refractivity contribution in [3.63, 3.8) is 0 Å². The van der Waals surface area contributed by atoms with Crippen LogP contribution in [0, 0.1) is 17.8 Å². The van der Waals surface area contributed by atoms with Crippen molar-refractivity contribution in [2.24, 2.45) is 11.7 Å². The Hall–Kier alpha value is -1.83. The van der Waals surface area contributed by atoms with Gasteiger partial charge in [0.25, 0.3) is 0 Å². The van der Waals surface area contributed by atoms with E-state index in [-0.39, 0.29) is 24.3 Å². The molecule has 20 heavy (non-hydrogen) atoms. The SMILES string of the molecule is CC1CC(=O)N(c2ccc(Cl)cc2C#CCN)C(=O)C1. The second-order valence-electron chi connectivity index (χ2n) is 4.80. The van der Waals surface area contributed by atoms with Crippen molar-refractivity contribution in [1.29, 1.82) is 0 Å². The van der Waals surface area contributed by atoms with Crippen molar-refractivity contribution in [3.05, 3.63) is 28.8 Å². The smallest absolute Gasteiger partial charge is 0.234 e. The number of halogens is 1. The first-order valence-corrected chi connectivity index (χ1v) is 6.75. The molecule has 1 aromatic carbocycles. The summed E-state index contributed by atoms with van der Waals surface area (Å²) in [4.78, 5) is 25.5. The van der Waals surface area contributed by atoms with Crippen molar-refractivity contribution in [2.75, 3.05) is 11.4 Å². The topological polar surface area (TPSA) is 63.4 Å². The second-order valence-corrected chi connectivity index (χ2v) is 5.24. The number of rotatable bonds is 1. The zero-order chi connectivity index (χ0) is 14.7. The Kier molecular flexibility index (Phi) is 4.43. The highest BCUT2D eigenvalue weighted by atomic mass is 35.5. The van der Waals surface area contributed by atoms with Crippen LogP contribution >= 0.6 is 11.6 Å². The van der Waals surface area contributed by atoms with E-state index < -0.39 is 0 Å². The Labute approximate surface area is 122 Å². The van der Waals surface area contributed by atoms with E-state index in [9.17, 15) is 9.59 Å². The lowest BCUT2D eigenvalue weighted by molar-refractivity contribution is -0.130. The first-order valence-electron chi connectivity index (χ1n) is 6.37. The minimum absolute atomic E-state index is 0.0807. The average molecular weight is 291 g/mol. The van der Waals surface area contributed by atoms with Gasteiger partial charge in [-0.25, -0.2) is 4.90 Å². The summed E-state index contributed by atoms with van der Waals surface area (Å²) in [7, 11) is 0. The quantitative estimate of drug-likeness (QED) is 0.635. The van der Waals surface area contributed by atoms with Crippen LogP contribution in [0.4, 0.5) is 5.69 Å². The summed E-state index contributed by atoms with van der Waals surface area (Å²) in [6, 6.07) is 4.93. The summed E-state index contributed by atoms with van der Waals surface area (Å²) in [6.07, 6.45) is 0.718. The molecule has 0 aromatic heterocycles. The van der Waals surface area contributed by atoms with Crippen molar-refractivity contribution < 1.29 is 9.59 Å². The van der Waals surface area contributed by atoms with Crippen molar-refractivity contribution >= 4 is 29.1 Å². The summed E-state index contributed by atoms with van der Waals surface area (Å²) >= 11 is 5.94. The molecule has 1 aliphatic rings. The van der Waals surface area contributed by atoms with Gasteiger partial charge in [0.1, 0.15) is 0 Å². The maximum Gasteiger partial charge on any atom is 0.234 e. The van der Waals surface area contributed by atoms with Crippen LogP contribution in [0.5, 0.6) is 0 Å². The maximum absolute atomic E-state index is 12.1. The Morgan fingerprint density at radius 1 is 1.35 bits per heavy atom. The molecule has 0 saturated carbocycles. The lowest BCUT2D eigenvalue weighted by atomic mass is 9.96. The zero-order valence-corrected chi connectivity index (χ0v) is 11.9. The Morgan fingerprint density at radius 3 is 2.60 bits per heavy atom. The third-order valence-electron chi connectivity index (χ3n) is 3.07. The number of nitrogens with two attached hydrogens (primary N) is 1. The molecule has 1 aliphatic heterocycles. The first kappa shape index (κ1) is 14.6. The number of hydrogen-bond acceptors (Lipinski definition) is 3. The fourth-order valence-corrected chi connectivity index (χ4v) is 2.38. The molecule has 4 nitrogen and oxygen atoms in total. The van der Waals surface area contributed by atoms with E-state index >= 15 is 0 Å². The van der Waals surface area contributed by atoms with E-state index in [2.05, 4.69) is 11.8 Å². The Morgan fingerprint density at radius 2 is 2.00 bits per heavy atom. The van der Waals surface area contributed by atoms with Gasteiger partial charge in [0.15, 0.2) is 0 Å². The second kappa shape index (κ2) is 6.08. The fraction of sp³-hybridized carbons (Fsp3) is 0.333. The number of hydrogen-bond donors (Lipinski definition) is 1. The van der Waals surface area contributed by atoms with Gasteiger partial charge in [0.05, 0.1) is 17.8 Å². The molecule has 5 heteroatoms. The van der Waals surface area contributed by atoms with Crippen LogP contribution in [0.3, 0.4) is 0 Å². The number of carbonyl (C=O) groups excluding carboxylic acids is 2. The standard InChI is InChI=1S/C15H15ClN2O2/c1-10-7-14(19)18(15(20)8-10)13-5-4-12(16)9-11(13)3-2-6-17/h4-5,9-10H,6-8,17H2,1H3. The molecule has 0 unspecified atom stereocenters. The van der Waals surface area contributed by atoms with Crippen molar-refractivity contribution in [3.8, 4) is 11.8 Å². The molecule has 0 spiro atoms. The van der Waals surface area contributed by atoms with E-state index in [0.717, 1.165) is 0 Å². The summed E-state index contributed by atoms with van der Waals surface area (Å²) in [5.41, 5.74) is 6.39.